The van der Waals surface area contributed by atoms with Crippen LogP contribution in [0.4, 0.5) is 11.4 Å². The number of para-hydroxylation sites is 1. The van der Waals surface area contributed by atoms with E-state index in [9.17, 15) is 19.2 Å². The van der Waals surface area contributed by atoms with Gasteiger partial charge in [0.05, 0.1) is 23.7 Å². The van der Waals surface area contributed by atoms with E-state index in [1.807, 2.05) is 18.2 Å². The number of thioether (sulfide) groups is 1. The molecule has 8 nitrogen and oxygen atoms in total. The van der Waals surface area contributed by atoms with Crippen molar-refractivity contribution in [3.05, 3.63) is 104 Å². The molecule has 3 aromatic carbocycles. The maximum atomic E-state index is 13.9. The standard InChI is InChI=1S/C29H22ClN3O5S2/c1-38-20-13-11-19(12-14-20)33-26(35)23-22(16-7-9-17(30)10-8-16)25-28(39-24(23)27(33)36)32(29(37)40-25)15-21(34)31-18-5-3-2-4-6-18/h2-14,22-24H,15H2,1H3,(H,31,34)/t22-,23-,24+/m0/s1. The summed E-state index contributed by atoms with van der Waals surface area (Å²) in [4.78, 5) is 55.4. The van der Waals surface area contributed by atoms with Crippen molar-refractivity contribution in [3.8, 4) is 5.75 Å². The molecule has 0 spiro atoms. The van der Waals surface area contributed by atoms with Gasteiger partial charge in [-0.3, -0.25) is 23.7 Å². The first-order chi connectivity index (χ1) is 19.4. The lowest BCUT2D eigenvalue weighted by Gasteiger charge is -2.30. The summed E-state index contributed by atoms with van der Waals surface area (Å²) in [5.41, 5.74) is 1.83. The van der Waals surface area contributed by atoms with Gasteiger partial charge in [0, 0.05) is 21.5 Å². The Kier molecular flexibility index (Phi) is 6.99. The number of halogens is 1. The Bertz CT molecular complexity index is 1670. The molecule has 1 N–H and O–H groups in total. The number of anilines is 2. The van der Waals surface area contributed by atoms with E-state index in [1.165, 1.54) is 21.2 Å². The van der Waals surface area contributed by atoms with E-state index in [0.29, 0.717) is 32.1 Å². The van der Waals surface area contributed by atoms with E-state index in [4.69, 9.17) is 16.3 Å². The normalized spacial score (nSPS) is 19.8. The number of benzene rings is 3. The minimum Gasteiger partial charge on any atom is -0.497 e. The summed E-state index contributed by atoms with van der Waals surface area (Å²) >= 11 is 8.33. The number of hydrogen-bond donors (Lipinski definition) is 1. The van der Waals surface area contributed by atoms with Crippen LogP contribution in [0.15, 0.2) is 88.7 Å². The molecule has 6 rings (SSSR count). The zero-order valence-corrected chi connectivity index (χ0v) is 23.5. The van der Waals surface area contributed by atoms with Crippen molar-refractivity contribution in [2.24, 2.45) is 5.92 Å². The molecule has 0 bridgehead atoms. The van der Waals surface area contributed by atoms with Crippen LogP contribution in [0.2, 0.25) is 5.02 Å². The Morgan fingerprint density at radius 3 is 2.33 bits per heavy atom. The second-order valence-corrected chi connectivity index (χ2v) is 11.9. The molecule has 2 aliphatic rings. The Morgan fingerprint density at radius 2 is 1.65 bits per heavy atom. The molecule has 2 aliphatic heterocycles. The first-order valence-corrected chi connectivity index (χ1v) is 14.5. The number of aromatic nitrogens is 1. The molecule has 3 amide bonds. The molecule has 0 saturated carbocycles. The van der Waals surface area contributed by atoms with Crippen LogP contribution < -0.4 is 19.8 Å². The predicted molar refractivity (Wildman–Crippen MR) is 156 cm³/mol. The Morgan fingerprint density at radius 1 is 0.950 bits per heavy atom. The molecule has 1 saturated heterocycles. The fraction of sp³-hybridized carbons (Fsp3) is 0.172. The van der Waals surface area contributed by atoms with Gasteiger partial charge >= 0.3 is 4.87 Å². The number of nitrogens with one attached hydrogen (secondary N) is 1. The minimum absolute atomic E-state index is 0.221. The summed E-state index contributed by atoms with van der Waals surface area (Å²) in [7, 11) is 1.54. The number of rotatable bonds is 6. The number of fused-ring (bicyclic) bond motifs is 2. The lowest BCUT2D eigenvalue weighted by Crippen LogP contribution is -2.33. The monoisotopic (exact) mass is 591 g/mol. The van der Waals surface area contributed by atoms with Crippen molar-refractivity contribution in [1.82, 2.24) is 4.57 Å². The van der Waals surface area contributed by atoms with Gasteiger partial charge in [0.15, 0.2) is 0 Å². The highest BCUT2D eigenvalue weighted by atomic mass is 35.5. The maximum absolute atomic E-state index is 13.9. The Hall–Kier alpha value is -3.86. The molecular weight excluding hydrogens is 570 g/mol. The SMILES string of the molecule is COc1ccc(N2C(=O)[C@H]3[C@H](c4ccc(Cl)cc4)c4sc(=O)n(CC(=O)Nc5ccccc5)c4S[C@H]3C2=O)cc1. The first kappa shape index (κ1) is 26.4. The summed E-state index contributed by atoms with van der Waals surface area (Å²) in [6.45, 7) is -0.221. The lowest BCUT2D eigenvalue weighted by atomic mass is 9.83. The molecule has 0 unspecified atom stereocenters. The van der Waals surface area contributed by atoms with Crippen LogP contribution >= 0.6 is 34.7 Å². The average Bonchev–Trinajstić information content (AvgIpc) is 3.40. The van der Waals surface area contributed by atoms with Crippen LogP contribution in [-0.2, 0) is 20.9 Å². The minimum atomic E-state index is -0.778. The predicted octanol–water partition coefficient (Wildman–Crippen LogP) is 5.01. The molecule has 0 aliphatic carbocycles. The smallest absolute Gasteiger partial charge is 0.308 e. The Balaban J connectivity index is 1.41. The highest BCUT2D eigenvalue weighted by Crippen LogP contribution is 2.54. The van der Waals surface area contributed by atoms with Crippen LogP contribution in [0.3, 0.4) is 0 Å². The van der Waals surface area contributed by atoms with Gasteiger partial charge in [-0.1, -0.05) is 65.0 Å². The fourth-order valence-corrected chi connectivity index (χ4v) is 8.04. The van der Waals surface area contributed by atoms with Crippen molar-refractivity contribution in [2.45, 2.75) is 22.7 Å². The molecule has 1 fully saturated rings. The fourth-order valence-electron chi connectivity index (χ4n) is 5.14. The van der Waals surface area contributed by atoms with E-state index >= 15 is 0 Å². The number of thiazole rings is 1. The molecule has 11 heteroatoms. The van der Waals surface area contributed by atoms with Crippen LogP contribution in [0.1, 0.15) is 16.4 Å². The second kappa shape index (κ2) is 10.6. The van der Waals surface area contributed by atoms with Gasteiger partial charge in [-0.2, -0.15) is 0 Å². The van der Waals surface area contributed by atoms with Crippen molar-refractivity contribution in [3.63, 3.8) is 0 Å². The molecular formula is C29H22ClN3O5S2. The topological polar surface area (TPSA) is 97.7 Å². The van der Waals surface area contributed by atoms with Crippen molar-refractivity contribution >= 4 is 63.8 Å². The van der Waals surface area contributed by atoms with Crippen LogP contribution in [0.5, 0.6) is 5.75 Å². The van der Waals surface area contributed by atoms with Crippen molar-refractivity contribution in [2.75, 3.05) is 17.3 Å². The third kappa shape index (κ3) is 4.61. The highest BCUT2D eigenvalue weighted by molar-refractivity contribution is 8.00. The van der Waals surface area contributed by atoms with Crippen LogP contribution in [-0.4, -0.2) is 34.6 Å². The van der Waals surface area contributed by atoms with Gasteiger partial charge in [-0.15, -0.1) is 0 Å². The molecule has 40 heavy (non-hydrogen) atoms. The quantitative estimate of drug-likeness (QED) is 0.317. The number of hydrogen-bond acceptors (Lipinski definition) is 7. The van der Waals surface area contributed by atoms with E-state index in [1.54, 1.807) is 67.8 Å². The maximum Gasteiger partial charge on any atom is 0.308 e. The molecule has 4 aromatic rings. The van der Waals surface area contributed by atoms with E-state index in [2.05, 4.69) is 5.32 Å². The third-order valence-corrected chi connectivity index (χ3v) is 9.82. The molecule has 3 atom stereocenters. The van der Waals surface area contributed by atoms with Crippen LogP contribution in [0.25, 0.3) is 0 Å². The average molecular weight is 592 g/mol. The van der Waals surface area contributed by atoms with Gasteiger partial charge < -0.3 is 10.1 Å². The summed E-state index contributed by atoms with van der Waals surface area (Å²) in [6.07, 6.45) is 0. The molecule has 1 aromatic heterocycles. The van der Waals surface area contributed by atoms with Gasteiger partial charge in [0.1, 0.15) is 17.5 Å². The summed E-state index contributed by atoms with van der Waals surface area (Å²) < 4.78 is 6.62. The largest absolute Gasteiger partial charge is 0.497 e. The van der Waals surface area contributed by atoms with E-state index in [-0.39, 0.29) is 29.1 Å². The van der Waals surface area contributed by atoms with Gasteiger partial charge in [-0.05, 0) is 54.1 Å². The number of imide groups is 1. The summed E-state index contributed by atoms with van der Waals surface area (Å²) in [6, 6.07) is 22.8. The number of carbonyl (C=O) groups excluding carboxylic acids is 3. The van der Waals surface area contributed by atoms with E-state index in [0.717, 1.165) is 16.9 Å². The highest BCUT2D eigenvalue weighted by Gasteiger charge is 2.56. The van der Waals surface area contributed by atoms with Gasteiger partial charge in [-0.25, -0.2) is 4.90 Å². The van der Waals surface area contributed by atoms with Gasteiger partial charge in [0.2, 0.25) is 17.7 Å². The third-order valence-electron chi connectivity index (χ3n) is 6.97. The second-order valence-electron chi connectivity index (χ2n) is 9.34. The van der Waals surface area contributed by atoms with E-state index < -0.39 is 17.1 Å². The molecule has 0 radical (unpaired) electrons. The lowest BCUT2D eigenvalue weighted by molar-refractivity contribution is -0.122. The van der Waals surface area contributed by atoms with Crippen LogP contribution in [0, 0.1) is 5.92 Å². The van der Waals surface area contributed by atoms with Crippen molar-refractivity contribution < 1.29 is 19.1 Å². The molecule has 202 valence electrons. The summed E-state index contributed by atoms with van der Waals surface area (Å²) in [5, 5.41) is 3.08. The first-order valence-electron chi connectivity index (χ1n) is 12.4. The number of amides is 3. The number of nitrogens with zero attached hydrogens (tertiary/aromatic N) is 2. The van der Waals surface area contributed by atoms with Crippen molar-refractivity contribution in [1.29, 1.82) is 0 Å². The zero-order valence-electron chi connectivity index (χ0n) is 21.1. The zero-order chi connectivity index (χ0) is 28.0. The Labute approximate surface area is 242 Å². The molecule has 3 heterocycles. The van der Waals surface area contributed by atoms with Gasteiger partial charge in [0.25, 0.3) is 0 Å². The summed E-state index contributed by atoms with van der Waals surface area (Å²) in [5.74, 6) is -1.77. The number of ether oxygens (including phenoxy) is 1. The number of methoxy groups -OCH3 is 1. The number of carbonyl (C=O) groups is 3.